The summed E-state index contributed by atoms with van der Waals surface area (Å²) in [6.45, 7) is 11.8. The van der Waals surface area contributed by atoms with E-state index in [9.17, 15) is 4.79 Å². The molecule has 0 atom stereocenters. The van der Waals surface area contributed by atoms with Crippen molar-refractivity contribution in [3.63, 3.8) is 0 Å². The quantitative estimate of drug-likeness (QED) is 0.707. The lowest BCUT2D eigenvalue weighted by Gasteiger charge is -2.34. The number of aliphatic carboxylic acids is 1. The highest BCUT2D eigenvalue weighted by Crippen LogP contribution is 2.17. The molecule has 0 aliphatic heterocycles. The molecule has 0 aromatic carbocycles. The van der Waals surface area contributed by atoms with Gasteiger partial charge in [-0.15, -0.1) is 0 Å². The molecule has 3 nitrogen and oxygen atoms in total. The van der Waals surface area contributed by atoms with E-state index in [1.165, 1.54) is 0 Å². The van der Waals surface area contributed by atoms with Crippen LogP contribution >= 0.6 is 0 Å². The van der Waals surface area contributed by atoms with Crippen molar-refractivity contribution in [3.8, 4) is 0 Å². The van der Waals surface area contributed by atoms with Crippen molar-refractivity contribution in [1.29, 1.82) is 0 Å². The van der Waals surface area contributed by atoms with E-state index in [4.69, 9.17) is 5.11 Å². The Hall–Kier alpha value is -0.990. The molecule has 0 bridgehead atoms. The molecule has 0 aromatic heterocycles. The van der Waals surface area contributed by atoms with Gasteiger partial charge in [-0.25, -0.2) is 4.79 Å². The molecule has 0 saturated heterocycles. The fourth-order valence-electron chi connectivity index (χ4n) is 1.72. The van der Waals surface area contributed by atoms with Crippen molar-refractivity contribution in [2.24, 2.45) is 0 Å². The molecular weight excluding hydrogens is 178 g/mol. The molecule has 0 aliphatic carbocycles. The van der Waals surface area contributed by atoms with Gasteiger partial charge in [-0.05, 0) is 41.5 Å². The third-order valence-electron chi connectivity index (χ3n) is 2.36. The average molecular weight is 199 g/mol. The van der Waals surface area contributed by atoms with Crippen LogP contribution in [0, 0.1) is 0 Å². The first-order chi connectivity index (χ1) is 6.29. The Balaban J connectivity index is 5.03. The van der Waals surface area contributed by atoms with Crippen molar-refractivity contribution >= 4 is 5.97 Å². The predicted molar refractivity (Wildman–Crippen MR) is 58.1 cm³/mol. The smallest absolute Gasteiger partial charge is 0.333 e. The summed E-state index contributed by atoms with van der Waals surface area (Å²) in [5.74, 6) is -0.839. The Kier molecular flexibility index (Phi) is 4.68. The maximum Gasteiger partial charge on any atom is 0.333 e. The third-order valence-corrected chi connectivity index (χ3v) is 2.36. The minimum atomic E-state index is -0.839. The minimum absolute atomic E-state index is 0.323. The number of carboxylic acid groups (broad SMARTS) is 1. The summed E-state index contributed by atoms with van der Waals surface area (Å²) in [5.41, 5.74) is 1.27. The van der Waals surface area contributed by atoms with Crippen LogP contribution in [0.3, 0.4) is 0 Å². The molecule has 0 radical (unpaired) electrons. The largest absolute Gasteiger partial charge is 0.478 e. The second kappa shape index (κ2) is 5.03. The Morgan fingerprint density at radius 1 is 1.07 bits per heavy atom. The Labute approximate surface area is 86.4 Å². The molecule has 0 aliphatic rings. The lowest BCUT2D eigenvalue weighted by molar-refractivity contribution is -0.132. The molecule has 0 saturated carbocycles. The second-order valence-corrected chi connectivity index (χ2v) is 4.11. The average Bonchev–Trinajstić information content (AvgIpc) is 2.01. The Morgan fingerprint density at radius 2 is 1.43 bits per heavy atom. The van der Waals surface area contributed by atoms with Crippen LogP contribution in [0.4, 0.5) is 0 Å². The number of allylic oxidation sites excluding steroid dienone is 1. The lowest BCUT2D eigenvalue weighted by atomic mass is 10.1. The number of rotatable bonds is 4. The van der Waals surface area contributed by atoms with Gasteiger partial charge in [0, 0.05) is 17.8 Å². The van der Waals surface area contributed by atoms with E-state index in [0.29, 0.717) is 17.7 Å². The van der Waals surface area contributed by atoms with Crippen LogP contribution in [0.5, 0.6) is 0 Å². The van der Waals surface area contributed by atoms with E-state index in [0.717, 1.165) is 5.70 Å². The first-order valence-corrected chi connectivity index (χ1v) is 4.98. The van der Waals surface area contributed by atoms with Gasteiger partial charge in [0.25, 0.3) is 0 Å². The van der Waals surface area contributed by atoms with Gasteiger partial charge < -0.3 is 10.0 Å². The summed E-state index contributed by atoms with van der Waals surface area (Å²) in [6, 6.07) is 0.647. The summed E-state index contributed by atoms with van der Waals surface area (Å²) < 4.78 is 0. The summed E-state index contributed by atoms with van der Waals surface area (Å²) in [5, 5.41) is 8.88. The number of nitrogens with zero attached hydrogens (tertiary/aromatic N) is 1. The zero-order chi connectivity index (χ0) is 11.5. The van der Waals surface area contributed by atoms with E-state index in [-0.39, 0.29) is 0 Å². The third kappa shape index (κ3) is 3.05. The molecule has 0 rings (SSSR count). The SMILES string of the molecule is C/C(C(=O)O)=C(/C)N(C(C)C)C(C)C. The topological polar surface area (TPSA) is 40.5 Å². The van der Waals surface area contributed by atoms with Gasteiger partial charge in [-0.3, -0.25) is 0 Å². The zero-order valence-corrected chi connectivity index (χ0v) is 9.96. The molecule has 0 aromatic rings. The van der Waals surface area contributed by atoms with E-state index < -0.39 is 5.97 Å². The molecule has 14 heavy (non-hydrogen) atoms. The first-order valence-electron chi connectivity index (χ1n) is 4.98. The van der Waals surface area contributed by atoms with Crippen molar-refractivity contribution in [2.75, 3.05) is 0 Å². The van der Waals surface area contributed by atoms with Crippen molar-refractivity contribution in [3.05, 3.63) is 11.3 Å². The minimum Gasteiger partial charge on any atom is -0.478 e. The van der Waals surface area contributed by atoms with Crippen molar-refractivity contribution in [1.82, 2.24) is 4.90 Å². The summed E-state index contributed by atoms with van der Waals surface area (Å²) in [6.07, 6.45) is 0. The van der Waals surface area contributed by atoms with Gasteiger partial charge in [0.05, 0.1) is 5.57 Å². The molecule has 82 valence electrons. The Morgan fingerprint density at radius 3 is 1.64 bits per heavy atom. The maximum atomic E-state index is 10.8. The fourth-order valence-corrected chi connectivity index (χ4v) is 1.72. The second-order valence-electron chi connectivity index (χ2n) is 4.11. The van der Waals surface area contributed by atoms with Gasteiger partial charge >= 0.3 is 5.97 Å². The highest BCUT2D eigenvalue weighted by Gasteiger charge is 2.17. The van der Waals surface area contributed by atoms with Crippen LogP contribution in [0.15, 0.2) is 11.3 Å². The van der Waals surface area contributed by atoms with E-state index in [1.807, 2.05) is 6.92 Å². The highest BCUT2D eigenvalue weighted by molar-refractivity contribution is 5.86. The maximum absolute atomic E-state index is 10.8. The van der Waals surface area contributed by atoms with Crippen LogP contribution in [-0.4, -0.2) is 28.1 Å². The van der Waals surface area contributed by atoms with Crippen molar-refractivity contribution < 1.29 is 9.90 Å². The molecule has 1 N–H and O–H groups in total. The molecule has 0 fully saturated rings. The molecule has 0 amide bonds. The summed E-state index contributed by atoms with van der Waals surface area (Å²) >= 11 is 0. The molecule has 3 heteroatoms. The first kappa shape index (κ1) is 13.0. The summed E-state index contributed by atoms with van der Waals surface area (Å²) in [7, 11) is 0. The highest BCUT2D eigenvalue weighted by atomic mass is 16.4. The number of hydrogen-bond acceptors (Lipinski definition) is 2. The zero-order valence-electron chi connectivity index (χ0n) is 9.96. The molecule has 0 spiro atoms. The van der Waals surface area contributed by atoms with Gasteiger partial charge in [0.1, 0.15) is 0 Å². The monoisotopic (exact) mass is 199 g/mol. The predicted octanol–water partition coefficient (Wildman–Crippen LogP) is 2.48. The van der Waals surface area contributed by atoms with E-state index in [2.05, 4.69) is 32.6 Å². The number of hydrogen-bond donors (Lipinski definition) is 1. The van der Waals surface area contributed by atoms with Gasteiger partial charge in [0.2, 0.25) is 0 Å². The number of carbonyl (C=O) groups is 1. The Bertz CT molecular complexity index is 234. The van der Waals surface area contributed by atoms with Gasteiger partial charge in [-0.2, -0.15) is 0 Å². The van der Waals surface area contributed by atoms with Crippen LogP contribution in [0.25, 0.3) is 0 Å². The van der Waals surface area contributed by atoms with Crippen LogP contribution in [-0.2, 0) is 4.79 Å². The fraction of sp³-hybridized carbons (Fsp3) is 0.727. The van der Waals surface area contributed by atoms with Crippen LogP contribution in [0.1, 0.15) is 41.5 Å². The standard InChI is InChI=1S/C11H21NO2/c1-7(2)12(8(3)4)10(6)9(5)11(13)14/h7-8H,1-6H3,(H,13,14)/b10-9+. The van der Waals surface area contributed by atoms with Gasteiger partial charge in [-0.1, -0.05) is 0 Å². The van der Waals surface area contributed by atoms with E-state index in [1.54, 1.807) is 6.92 Å². The normalized spacial score (nSPS) is 13.1. The van der Waals surface area contributed by atoms with Gasteiger partial charge in [0.15, 0.2) is 0 Å². The summed E-state index contributed by atoms with van der Waals surface area (Å²) in [4.78, 5) is 12.9. The van der Waals surface area contributed by atoms with E-state index >= 15 is 0 Å². The van der Waals surface area contributed by atoms with Crippen molar-refractivity contribution in [2.45, 2.75) is 53.6 Å². The molecular formula is C11H21NO2. The van der Waals surface area contributed by atoms with Crippen LogP contribution in [0.2, 0.25) is 0 Å². The number of carboxylic acids is 1. The van der Waals surface area contributed by atoms with Crippen LogP contribution < -0.4 is 0 Å². The molecule has 0 unspecified atom stereocenters. The lowest BCUT2D eigenvalue weighted by Crippen LogP contribution is -2.36. The molecule has 0 heterocycles.